The molecule has 0 radical (unpaired) electrons. The summed E-state index contributed by atoms with van der Waals surface area (Å²) >= 11 is 0. The lowest BCUT2D eigenvalue weighted by atomic mass is 10.0. The Balaban J connectivity index is 4.26. The Morgan fingerprint density at radius 1 is 0.296 bits per heavy atom. The first kappa shape index (κ1) is 67.6. The molecule has 0 saturated carbocycles. The number of carbonyl (C=O) groups excluding carboxylic acids is 3. The molecule has 1 unspecified atom stereocenters. The van der Waals surface area contributed by atoms with Gasteiger partial charge in [-0.3, -0.25) is 14.4 Å². The van der Waals surface area contributed by atoms with Crippen LogP contribution in [0.3, 0.4) is 0 Å². The van der Waals surface area contributed by atoms with Crippen molar-refractivity contribution < 1.29 is 28.6 Å². The molecule has 408 valence electrons. The van der Waals surface area contributed by atoms with Crippen LogP contribution >= 0.6 is 0 Å². The van der Waals surface area contributed by atoms with E-state index in [0.717, 1.165) is 83.5 Å². The van der Waals surface area contributed by atoms with E-state index in [9.17, 15) is 14.4 Å². The lowest BCUT2D eigenvalue weighted by Crippen LogP contribution is -2.30. The molecular formula is C65H112O6. The quantitative estimate of drug-likeness (QED) is 0.0261. The summed E-state index contributed by atoms with van der Waals surface area (Å²) in [6, 6.07) is 0. The molecule has 0 heterocycles. The Kier molecular flexibility index (Phi) is 56.3. The smallest absolute Gasteiger partial charge is 0.306 e. The van der Waals surface area contributed by atoms with Crippen molar-refractivity contribution in [1.82, 2.24) is 0 Å². The third-order valence-electron chi connectivity index (χ3n) is 12.9. The van der Waals surface area contributed by atoms with Crippen LogP contribution in [0.25, 0.3) is 0 Å². The molecule has 0 fully saturated rings. The van der Waals surface area contributed by atoms with Crippen LogP contribution in [0.5, 0.6) is 0 Å². The Hall–Kier alpha value is -3.41. The first-order valence-electron chi connectivity index (χ1n) is 30.1. The second-order valence-corrected chi connectivity index (χ2v) is 19.9. The van der Waals surface area contributed by atoms with Crippen LogP contribution < -0.4 is 0 Å². The SMILES string of the molecule is CC/C=C\C/C=C\C/C=C\C/C=C\CCC(=O)OC(COC(=O)CCCCCCC/C=C\CCCCCC)COC(=O)CCCCCCCCCCCCCCCCC/C=C\C/C=C\CCCCCCC. The van der Waals surface area contributed by atoms with Crippen LogP contribution in [0.2, 0.25) is 0 Å². The maximum absolute atomic E-state index is 12.8. The summed E-state index contributed by atoms with van der Waals surface area (Å²) < 4.78 is 16.8. The molecule has 0 aliphatic carbocycles. The molecule has 6 nitrogen and oxygen atoms in total. The molecule has 0 amide bonds. The predicted molar refractivity (Wildman–Crippen MR) is 307 cm³/mol. The standard InChI is InChI=1S/C65H112O6/c1-4-7-10-13-16-19-22-25-26-27-28-29-30-31-32-33-34-35-36-37-38-41-43-46-49-52-55-58-64(67)70-61-62(71-65(68)59-56-53-50-47-44-40-24-21-18-15-12-9-6-3)60-69-63(66)57-54-51-48-45-42-39-23-20-17-14-11-8-5-2/h9,12,18,20-23,25,27-28,40,44,50,53,62H,4-8,10-11,13-17,19,24,26,29-39,41-43,45-49,51-52,54-61H2,1-3H3/b12-9-,21-18-,23-20-,25-22-,28-27-,44-40-,53-50-. The minimum Gasteiger partial charge on any atom is -0.462 e. The van der Waals surface area contributed by atoms with Gasteiger partial charge < -0.3 is 14.2 Å². The summed E-state index contributed by atoms with van der Waals surface area (Å²) in [6.07, 6.45) is 77.5. The van der Waals surface area contributed by atoms with Gasteiger partial charge in [0.25, 0.3) is 0 Å². The van der Waals surface area contributed by atoms with E-state index in [0.29, 0.717) is 19.3 Å². The zero-order valence-electron chi connectivity index (χ0n) is 46.7. The first-order chi connectivity index (χ1) is 35.0. The molecule has 0 aliphatic rings. The molecule has 0 aromatic carbocycles. The molecule has 6 heteroatoms. The highest BCUT2D eigenvalue weighted by molar-refractivity contribution is 5.71. The Morgan fingerprint density at radius 3 is 0.944 bits per heavy atom. The number of rotatable bonds is 54. The lowest BCUT2D eigenvalue weighted by molar-refractivity contribution is -0.166. The molecule has 0 aromatic heterocycles. The van der Waals surface area contributed by atoms with Gasteiger partial charge in [0.2, 0.25) is 0 Å². The fraction of sp³-hybridized carbons (Fsp3) is 0.738. The van der Waals surface area contributed by atoms with Gasteiger partial charge >= 0.3 is 17.9 Å². The van der Waals surface area contributed by atoms with Gasteiger partial charge in [-0.25, -0.2) is 0 Å². The number of esters is 3. The molecule has 0 aromatic rings. The highest BCUT2D eigenvalue weighted by Gasteiger charge is 2.19. The third kappa shape index (κ3) is 57.4. The molecule has 0 rings (SSSR count). The second-order valence-electron chi connectivity index (χ2n) is 19.9. The summed E-state index contributed by atoms with van der Waals surface area (Å²) in [6.45, 7) is 6.44. The van der Waals surface area contributed by atoms with Crippen molar-refractivity contribution in [1.29, 1.82) is 0 Å². The molecule has 0 saturated heterocycles. The van der Waals surface area contributed by atoms with Crippen molar-refractivity contribution in [3.8, 4) is 0 Å². The third-order valence-corrected chi connectivity index (χ3v) is 12.9. The van der Waals surface area contributed by atoms with E-state index in [1.165, 1.54) is 161 Å². The highest BCUT2D eigenvalue weighted by atomic mass is 16.6. The number of carbonyl (C=O) groups is 3. The highest BCUT2D eigenvalue weighted by Crippen LogP contribution is 2.16. The van der Waals surface area contributed by atoms with Gasteiger partial charge in [0, 0.05) is 19.3 Å². The maximum Gasteiger partial charge on any atom is 0.306 e. The van der Waals surface area contributed by atoms with Crippen molar-refractivity contribution in [2.45, 2.75) is 297 Å². The number of hydrogen-bond donors (Lipinski definition) is 0. The van der Waals surface area contributed by atoms with E-state index in [2.05, 4.69) is 93.7 Å². The first-order valence-corrected chi connectivity index (χ1v) is 30.1. The summed E-state index contributed by atoms with van der Waals surface area (Å²) in [5.41, 5.74) is 0. The van der Waals surface area contributed by atoms with E-state index in [-0.39, 0.29) is 31.6 Å². The fourth-order valence-corrected chi connectivity index (χ4v) is 8.36. The fourth-order valence-electron chi connectivity index (χ4n) is 8.36. The number of hydrogen-bond acceptors (Lipinski definition) is 6. The zero-order valence-corrected chi connectivity index (χ0v) is 46.7. The van der Waals surface area contributed by atoms with E-state index in [1.54, 1.807) is 0 Å². The minimum absolute atomic E-state index is 0.106. The van der Waals surface area contributed by atoms with Crippen molar-refractivity contribution in [3.05, 3.63) is 85.1 Å². The van der Waals surface area contributed by atoms with Crippen molar-refractivity contribution >= 4 is 17.9 Å². The molecular weight excluding hydrogens is 877 g/mol. The maximum atomic E-state index is 12.8. The van der Waals surface area contributed by atoms with Crippen LogP contribution in [-0.4, -0.2) is 37.2 Å². The summed E-state index contributed by atoms with van der Waals surface area (Å²) in [4.78, 5) is 38.1. The number of unbranched alkanes of at least 4 members (excludes halogenated alkanes) is 29. The van der Waals surface area contributed by atoms with Crippen LogP contribution in [0.1, 0.15) is 290 Å². The predicted octanol–water partition coefficient (Wildman–Crippen LogP) is 20.3. The largest absolute Gasteiger partial charge is 0.462 e. The minimum atomic E-state index is -0.817. The monoisotopic (exact) mass is 989 g/mol. The zero-order chi connectivity index (χ0) is 51.4. The van der Waals surface area contributed by atoms with Crippen LogP contribution in [0, 0.1) is 0 Å². The average Bonchev–Trinajstić information content (AvgIpc) is 3.37. The van der Waals surface area contributed by atoms with Gasteiger partial charge in [-0.05, 0) is 103 Å². The van der Waals surface area contributed by atoms with Crippen LogP contribution in [0.4, 0.5) is 0 Å². The average molecular weight is 990 g/mol. The van der Waals surface area contributed by atoms with Gasteiger partial charge in [-0.2, -0.15) is 0 Å². The molecule has 71 heavy (non-hydrogen) atoms. The van der Waals surface area contributed by atoms with Gasteiger partial charge in [0.15, 0.2) is 6.10 Å². The van der Waals surface area contributed by atoms with E-state index in [1.807, 2.05) is 12.2 Å². The van der Waals surface area contributed by atoms with E-state index >= 15 is 0 Å². The summed E-state index contributed by atoms with van der Waals surface area (Å²) in [5, 5.41) is 0. The van der Waals surface area contributed by atoms with Gasteiger partial charge in [-0.15, -0.1) is 0 Å². The molecule has 0 aliphatic heterocycles. The summed E-state index contributed by atoms with van der Waals surface area (Å²) in [5.74, 6) is -0.992. The summed E-state index contributed by atoms with van der Waals surface area (Å²) in [7, 11) is 0. The number of allylic oxidation sites excluding steroid dienone is 14. The Morgan fingerprint density at radius 2 is 0.577 bits per heavy atom. The normalized spacial score (nSPS) is 12.7. The van der Waals surface area contributed by atoms with Crippen molar-refractivity contribution in [3.63, 3.8) is 0 Å². The van der Waals surface area contributed by atoms with Crippen LogP contribution in [-0.2, 0) is 28.6 Å². The lowest BCUT2D eigenvalue weighted by Gasteiger charge is -2.18. The Bertz CT molecular complexity index is 1370. The van der Waals surface area contributed by atoms with Gasteiger partial charge in [0.05, 0.1) is 0 Å². The van der Waals surface area contributed by atoms with Crippen molar-refractivity contribution in [2.75, 3.05) is 13.2 Å². The number of ether oxygens (including phenoxy) is 3. The molecule has 0 bridgehead atoms. The molecule has 1 atom stereocenters. The Labute approximate surface area is 439 Å². The van der Waals surface area contributed by atoms with Crippen LogP contribution in [0.15, 0.2) is 85.1 Å². The van der Waals surface area contributed by atoms with Gasteiger partial charge in [0.1, 0.15) is 13.2 Å². The van der Waals surface area contributed by atoms with Crippen molar-refractivity contribution in [2.24, 2.45) is 0 Å². The molecule has 0 N–H and O–H groups in total. The topological polar surface area (TPSA) is 78.9 Å². The second kappa shape index (κ2) is 59.2. The molecule has 0 spiro atoms. The van der Waals surface area contributed by atoms with E-state index in [4.69, 9.17) is 14.2 Å². The van der Waals surface area contributed by atoms with Gasteiger partial charge in [-0.1, -0.05) is 254 Å². The van der Waals surface area contributed by atoms with E-state index < -0.39 is 12.1 Å².